The molecule has 0 heterocycles. The fraction of sp³-hybridized carbons (Fsp3) is 0.118. The molecule has 0 radical (unpaired) electrons. The van der Waals surface area contributed by atoms with Crippen molar-refractivity contribution in [2.45, 2.75) is 12.8 Å². The third-order valence-corrected chi connectivity index (χ3v) is 6.78. The van der Waals surface area contributed by atoms with Gasteiger partial charge in [0.1, 0.15) is 11.5 Å². The van der Waals surface area contributed by atoms with Crippen molar-refractivity contribution in [3.8, 4) is 11.5 Å². The van der Waals surface area contributed by atoms with Gasteiger partial charge in [0.15, 0.2) is 0 Å². The Labute approximate surface area is 211 Å². The van der Waals surface area contributed by atoms with Crippen LogP contribution in [0.15, 0.2) is 121 Å². The molecule has 6 aromatic carbocycles. The highest BCUT2D eigenvalue weighted by Crippen LogP contribution is 2.24. The molecule has 6 aromatic rings. The smallest absolute Gasteiger partial charge is 0.119 e. The van der Waals surface area contributed by atoms with E-state index in [4.69, 9.17) is 9.47 Å². The van der Waals surface area contributed by atoms with Gasteiger partial charge in [-0.1, -0.05) is 97.1 Å². The molecule has 0 aromatic heterocycles. The Morgan fingerprint density at radius 2 is 1.00 bits per heavy atom. The topological polar surface area (TPSA) is 18.5 Å². The van der Waals surface area contributed by atoms with Crippen molar-refractivity contribution >= 4 is 32.3 Å². The van der Waals surface area contributed by atoms with E-state index in [-0.39, 0.29) is 0 Å². The van der Waals surface area contributed by atoms with Gasteiger partial charge in [-0.25, -0.2) is 0 Å². The van der Waals surface area contributed by atoms with Gasteiger partial charge in [-0.05, 0) is 67.7 Å². The Balaban J connectivity index is 1.08. The molecule has 2 nitrogen and oxygen atoms in total. The number of fused-ring (bicyclic) bond motifs is 3. The quantitative estimate of drug-likeness (QED) is 0.223. The highest BCUT2D eigenvalue weighted by Gasteiger charge is 2.05. The molecule has 0 atom stereocenters. The minimum atomic E-state index is 0.652. The molecule has 0 aliphatic heterocycles. The summed E-state index contributed by atoms with van der Waals surface area (Å²) in [5.74, 6) is 1.84. The molecule has 0 unspecified atom stereocenters. The maximum Gasteiger partial charge on any atom is 0.119 e. The highest BCUT2D eigenvalue weighted by atomic mass is 16.5. The van der Waals surface area contributed by atoms with Crippen LogP contribution in [0, 0.1) is 0 Å². The van der Waals surface area contributed by atoms with Crippen molar-refractivity contribution in [2.75, 3.05) is 13.2 Å². The standard InChI is InChI=1S/C34H28O2/c1-3-8-29-23-32(15-13-26(29)6-1)35-20-18-25-12-17-34-28(10-5-11-31(34)22-25)19-21-36-33-16-14-27-7-2-4-9-30(27)24-33/h1-17,22-24H,18-21H2. The maximum absolute atomic E-state index is 6.10. The molecule has 0 fully saturated rings. The van der Waals surface area contributed by atoms with Crippen molar-refractivity contribution < 1.29 is 9.47 Å². The first kappa shape index (κ1) is 22.2. The second-order valence-electron chi connectivity index (χ2n) is 9.19. The third-order valence-electron chi connectivity index (χ3n) is 6.78. The van der Waals surface area contributed by atoms with Crippen LogP contribution in [0.5, 0.6) is 11.5 Å². The average Bonchev–Trinajstić information content (AvgIpc) is 2.93. The highest BCUT2D eigenvalue weighted by molar-refractivity contribution is 5.87. The minimum Gasteiger partial charge on any atom is -0.493 e. The monoisotopic (exact) mass is 468 g/mol. The Morgan fingerprint density at radius 1 is 0.417 bits per heavy atom. The summed E-state index contributed by atoms with van der Waals surface area (Å²) in [6.45, 7) is 1.31. The van der Waals surface area contributed by atoms with Crippen molar-refractivity contribution in [3.05, 3.63) is 132 Å². The molecule has 0 aliphatic rings. The van der Waals surface area contributed by atoms with E-state index in [1.807, 2.05) is 0 Å². The first-order chi connectivity index (χ1) is 17.8. The maximum atomic E-state index is 6.10. The van der Waals surface area contributed by atoms with E-state index in [1.54, 1.807) is 0 Å². The third kappa shape index (κ3) is 4.89. The zero-order chi connectivity index (χ0) is 24.2. The molecule has 0 amide bonds. The summed E-state index contributed by atoms with van der Waals surface area (Å²) in [7, 11) is 0. The van der Waals surface area contributed by atoms with Gasteiger partial charge >= 0.3 is 0 Å². The first-order valence-corrected chi connectivity index (χ1v) is 12.6. The fourth-order valence-electron chi connectivity index (χ4n) is 4.85. The fourth-order valence-corrected chi connectivity index (χ4v) is 4.85. The van der Waals surface area contributed by atoms with Crippen molar-refractivity contribution in [1.82, 2.24) is 0 Å². The molecule has 36 heavy (non-hydrogen) atoms. The van der Waals surface area contributed by atoms with Crippen LogP contribution < -0.4 is 9.47 Å². The van der Waals surface area contributed by atoms with E-state index in [1.165, 1.54) is 43.4 Å². The molecule has 2 heteroatoms. The lowest BCUT2D eigenvalue weighted by Gasteiger charge is -2.11. The molecule has 0 bridgehead atoms. The van der Waals surface area contributed by atoms with E-state index < -0.39 is 0 Å². The van der Waals surface area contributed by atoms with Crippen LogP contribution in [0.1, 0.15) is 11.1 Å². The summed E-state index contributed by atoms with van der Waals surface area (Å²) in [6.07, 6.45) is 1.74. The van der Waals surface area contributed by atoms with Gasteiger partial charge < -0.3 is 9.47 Å². The number of hydrogen-bond donors (Lipinski definition) is 0. The number of hydrogen-bond acceptors (Lipinski definition) is 2. The molecule has 6 rings (SSSR count). The van der Waals surface area contributed by atoms with Gasteiger partial charge in [-0.2, -0.15) is 0 Å². The van der Waals surface area contributed by atoms with Crippen LogP contribution in [0.4, 0.5) is 0 Å². The van der Waals surface area contributed by atoms with Gasteiger partial charge in [-0.3, -0.25) is 0 Å². The summed E-state index contributed by atoms with van der Waals surface area (Å²) in [4.78, 5) is 0. The Bertz CT molecular complexity index is 1650. The van der Waals surface area contributed by atoms with E-state index in [2.05, 4.69) is 121 Å². The second kappa shape index (κ2) is 10.1. The number of benzene rings is 6. The summed E-state index contributed by atoms with van der Waals surface area (Å²) in [5, 5.41) is 7.44. The zero-order valence-corrected chi connectivity index (χ0v) is 20.2. The number of rotatable bonds is 8. The van der Waals surface area contributed by atoms with E-state index >= 15 is 0 Å². The van der Waals surface area contributed by atoms with Crippen LogP contribution in [0.2, 0.25) is 0 Å². The van der Waals surface area contributed by atoms with Crippen LogP contribution in [0.25, 0.3) is 32.3 Å². The van der Waals surface area contributed by atoms with E-state index in [0.717, 1.165) is 24.3 Å². The van der Waals surface area contributed by atoms with Crippen molar-refractivity contribution in [1.29, 1.82) is 0 Å². The number of ether oxygens (including phenoxy) is 2. The molecule has 0 aliphatic carbocycles. The van der Waals surface area contributed by atoms with Crippen LogP contribution >= 0.6 is 0 Å². The molecule has 0 saturated heterocycles. The Morgan fingerprint density at radius 3 is 1.67 bits per heavy atom. The predicted octanol–water partition coefficient (Wildman–Crippen LogP) is 8.39. The Hall–Kier alpha value is -4.30. The van der Waals surface area contributed by atoms with Crippen LogP contribution in [-0.4, -0.2) is 13.2 Å². The lowest BCUT2D eigenvalue weighted by Crippen LogP contribution is -2.03. The van der Waals surface area contributed by atoms with Gasteiger partial charge in [0.25, 0.3) is 0 Å². The van der Waals surface area contributed by atoms with E-state index in [9.17, 15) is 0 Å². The van der Waals surface area contributed by atoms with Crippen molar-refractivity contribution in [2.24, 2.45) is 0 Å². The molecule has 0 N–H and O–H groups in total. The second-order valence-corrected chi connectivity index (χ2v) is 9.19. The molecule has 0 saturated carbocycles. The lowest BCUT2D eigenvalue weighted by molar-refractivity contribution is 0.322. The largest absolute Gasteiger partial charge is 0.493 e. The first-order valence-electron chi connectivity index (χ1n) is 12.6. The van der Waals surface area contributed by atoms with Crippen LogP contribution in [-0.2, 0) is 12.8 Å². The predicted molar refractivity (Wildman–Crippen MR) is 150 cm³/mol. The molecule has 176 valence electrons. The summed E-state index contributed by atoms with van der Waals surface area (Å²) in [5.41, 5.74) is 2.60. The van der Waals surface area contributed by atoms with E-state index in [0.29, 0.717) is 13.2 Å². The van der Waals surface area contributed by atoms with Gasteiger partial charge in [-0.15, -0.1) is 0 Å². The summed E-state index contributed by atoms with van der Waals surface area (Å²) in [6, 6.07) is 42.6. The zero-order valence-electron chi connectivity index (χ0n) is 20.2. The molecular formula is C34H28O2. The molecule has 0 spiro atoms. The lowest BCUT2D eigenvalue weighted by atomic mass is 9.99. The van der Waals surface area contributed by atoms with Gasteiger partial charge in [0, 0.05) is 12.8 Å². The summed E-state index contributed by atoms with van der Waals surface area (Å²) < 4.78 is 12.2. The minimum absolute atomic E-state index is 0.652. The van der Waals surface area contributed by atoms with Crippen molar-refractivity contribution in [3.63, 3.8) is 0 Å². The Kier molecular flexibility index (Phi) is 6.24. The van der Waals surface area contributed by atoms with Gasteiger partial charge in [0.05, 0.1) is 13.2 Å². The average molecular weight is 469 g/mol. The normalized spacial score (nSPS) is 11.2. The van der Waals surface area contributed by atoms with Gasteiger partial charge in [0.2, 0.25) is 0 Å². The SMILES string of the molecule is c1ccc2cc(OCCc3ccc4c(CCOc5ccc6ccccc6c5)cccc4c3)ccc2c1. The summed E-state index contributed by atoms with van der Waals surface area (Å²) >= 11 is 0. The van der Waals surface area contributed by atoms with Crippen LogP contribution in [0.3, 0.4) is 0 Å². The molecular weight excluding hydrogens is 440 g/mol.